The van der Waals surface area contributed by atoms with Gasteiger partial charge in [0.2, 0.25) is 0 Å². The number of halogens is 3. The van der Waals surface area contributed by atoms with E-state index in [9.17, 15) is 22.8 Å². The highest BCUT2D eigenvalue weighted by molar-refractivity contribution is 7.80. The van der Waals surface area contributed by atoms with Gasteiger partial charge in [0.05, 0.1) is 7.11 Å². The van der Waals surface area contributed by atoms with E-state index in [-0.39, 0.29) is 11.7 Å². The average molecular weight is 273 g/mol. The van der Waals surface area contributed by atoms with Gasteiger partial charge in [-0.1, -0.05) is 6.92 Å². The van der Waals surface area contributed by atoms with Crippen LogP contribution in [0, 0.1) is 0 Å². The summed E-state index contributed by atoms with van der Waals surface area (Å²) in [4.78, 5) is 21.8. The SMILES string of the molecule is COC(=O)[C@H](CCC(C)S)NC(=O)C(F)(F)F. The van der Waals surface area contributed by atoms with Gasteiger partial charge in [-0.2, -0.15) is 25.8 Å². The van der Waals surface area contributed by atoms with Crippen LogP contribution in [0.15, 0.2) is 0 Å². The third-order valence-corrected chi connectivity index (χ3v) is 2.18. The molecule has 0 saturated carbocycles. The fourth-order valence-electron chi connectivity index (χ4n) is 1.04. The van der Waals surface area contributed by atoms with E-state index in [2.05, 4.69) is 17.4 Å². The summed E-state index contributed by atoms with van der Waals surface area (Å²) >= 11 is 4.03. The van der Waals surface area contributed by atoms with Crippen LogP contribution >= 0.6 is 12.6 Å². The minimum atomic E-state index is -5.02. The van der Waals surface area contributed by atoms with Crippen molar-refractivity contribution in [1.82, 2.24) is 5.32 Å². The maximum atomic E-state index is 12.0. The van der Waals surface area contributed by atoms with Crippen LogP contribution < -0.4 is 5.32 Å². The first-order valence-electron chi connectivity index (χ1n) is 4.82. The second-order valence-electron chi connectivity index (χ2n) is 3.47. The molecule has 0 aromatic rings. The molecular formula is C9H14F3NO3S. The lowest BCUT2D eigenvalue weighted by Crippen LogP contribution is -2.47. The van der Waals surface area contributed by atoms with Crippen molar-refractivity contribution in [2.24, 2.45) is 0 Å². The molecule has 0 spiro atoms. The first-order chi connectivity index (χ1) is 7.68. The van der Waals surface area contributed by atoms with Crippen LogP contribution in [0.25, 0.3) is 0 Å². The van der Waals surface area contributed by atoms with E-state index in [1.165, 1.54) is 0 Å². The summed E-state index contributed by atoms with van der Waals surface area (Å²) in [5.74, 6) is -3.06. The number of methoxy groups -OCH3 is 1. The predicted molar refractivity (Wildman–Crippen MR) is 57.7 cm³/mol. The van der Waals surface area contributed by atoms with Crippen LogP contribution in [0.1, 0.15) is 19.8 Å². The van der Waals surface area contributed by atoms with Gasteiger partial charge in [0, 0.05) is 0 Å². The van der Waals surface area contributed by atoms with E-state index in [0.717, 1.165) is 7.11 Å². The molecule has 0 aliphatic rings. The highest BCUT2D eigenvalue weighted by Gasteiger charge is 2.40. The van der Waals surface area contributed by atoms with E-state index < -0.39 is 24.1 Å². The van der Waals surface area contributed by atoms with E-state index in [1.54, 1.807) is 12.2 Å². The van der Waals surface area contributed by atoms with Crippen molar-refractivity contribution < 1.29 is 27.5 Å². The molecule has 17 heavy (non-hydrogen) atoms. The monoisotopic (exact) mass is 273 g/mol. The van der Waals surface area contributed by atoms with Gasteiger partial charge in [-0.05, 0) is 18.1 Å². The maximum Gasteiger partial charge on any atom is 0.471 e. The Kier molecular flexibility index (Phi) is 6.36. The molecule has 0 bridgehead atoms. The van der Waals surface area contributed by atoms with Crippen molar-refractivity contribution in [2.75, 3.05) is 7.11 Å². The summed E-state index contributed by atoms with van der Waals surface area (Å²) in [5.41, 5.74) is 0. The summed E-state index contributed by atoms with van der Waals surface area (Å²) in [6.45, 7) is 1.73. The Hall–Kier alpha value is -0.920. The molecule has 1 amide bonds. The molecule has 0 heterocycles. The van der Waals surface area contributed by atoms with Crippen LogP contribution in [0.4, 0.5) is 13.2 Å². The van der Waals surface area contributed by atoms with Crippen molar-refractivity contribution >= 4 is 24.5 Å². The molecule has 0 aromatic heterocycles. The Morgan fingerprint density at radius 2 is 1.88 bits per heavy atom. The second kappa shape index (κ2) is 6.73. The van der Waals surface area contributed by atoms with Crippen LogP contribution in [0.2, 0.25) is 0 Å². The van der Waals surface area contributed by atoms with Gasteiger partial charge in [-0.3, -0.25) is 4.79 Å². The van der Waals surface area contributed by atoms with Crippen LogP contribution in [-0.4, -0.2) is 36.5 Å². The molecule has 1 unspecified atom stereocenters. The average Bonchev–Trinajstić information content (AvgIpc) is 2.20. The first kappa shape index (κ1) is 16.1. The molecule has 100 valence electrons. The van der Waals surface area contributed by atoms with Crippen molar-refractivity contribution in [1.29, 1.82) is 0 Å². The summed E-state index contributed by atoms with van der Waals surface area (Å²) in [6, 6.07) is -1.30. The molecule has 0 fully saturated rings. The summed E-state index contributed by atoms with van der Waals surface area (Å²) in [7, 11) is 1.04. The third-order valence-electron chi connectivity index (χ3n) is 1.92. The predicted octanol–water partition coefficient (Wildman–Crippen LogP) is 1.30. The fourth-order valence-corrected chi connectivity index (χ4v) is 1.19. The van der Waals surface area contributed by atoms with E-state index >= 15 is 0 Å². The molecule has 1 N–H and O–H groups in total. The summed E-state index contributed by atoms with van der Waals surface area (Å²) < 4.78 is 40.3. The maximum absolute atomic E-state index is 12.0. The van der Waals surface area contributed by atoms with Crippen molar-refractivity contribution in [3.05, 3.63) is 0 Å². The molecular weight excluding hydrogens is 259 g/mol. The summed E-state index contributed by atoms with van der Waals surface area (Å²) in [5, 5.41) is 1.50. The first-order valence-corrected chi connectivity index (χ1v) is 5.33. The number of hydrogen-bond donors (Lipinski definition) is 2. The molecule has 2 atom stereocenters. The zero-order valence-electron chi connectivity index (χ0n) is 9.37. The molecule has 0 aliphatic heterocycles. The van der Waals surface area contributed by atoms with Gasteiger partial charge in [0.25, 0.3) is 0 Å². The number of esters is 1. The second-order valence-corrected chi connectivity index (χ2v) is 4.35. The lowest BCUT2D eigenvalue weighted by atomic mass is 10.1. The minimum absolute atomic E-state index is 0.0408. The zero-order chi connectivity index (χ0) is 13.6. The number of carbonyl (C=O) groups is 2. The molecule has 0 aromatic carbocycles. The van der Waals surface area contributed by atoms with E-state index in [0.29, 0.717) is 6.42 Å². The number of rotatable bonds is 5. The van der Waals surface area contributed by atoms with Gasteiger partial charge in [0.15, 0.2) is 0 Å². The number of carbonyl (C=O) groups excluding carboxylic acids is 2. The highest BCUT2D eigenvalue weighted by Crippen LogP contribution is 2.16. The molecule has 0 rings (SSSR count). The minimum Gasteiger partial charge on any atom is -0.467 e. The Morgan fingerprint density at radius 1 is 1.35 bits per heavy atom. The number of alkyl halides is 3. The van der Waals surface area contributed by atoms with Gasteiger partial charge in [0.1, 0.15) is 6.04 Å². The Balaban J connectivity index is 4.49. The van der Waals surface area contributed by atoms with Crippen molar-refractivity contribution in [3.63, 3.8) is 0 Å². The van der Waals surface area contributed by atoms with Crippen LogP contribution in [0.3, 0.4) is 0 Å². The number of amides is 1. The van der Waals surface area contributed by atoms with E-state index in [4.69, 9.17) is 0 Å². The number of hydrogen-bond acceptors (Lipinski definition) is 4. The quantitative estimate of drug-likeness (QED) is 0.586. The molecule has 4 nitrogen and oxygen atoms in total. The molecule has 0 saturated heterocycles. The lowest BCUT2D eigenvalue weighted by molar-refractivity contribution is -0.175. The number of thiol groups is 1. The number of ether oxygens (including phenoxy) is 1. The highest BCUT2D eigenvalue weighted by atomic mass is 32.1. The van der Waals surface area contributed by atoms with Gasteiger partial charge < -0.3 is 10.1 Å². The van der Waals surface area contributed by atoms with Gasteiger partial charge >= 0.3 is 18.1 Å². The summed E-state index contributed by atoms with van der Waals surface area (Å²) in [6.07, 6.45) is -4.60. The molecule has 8 heteroatoms. The Bertz CT molecular complexity index is 281. The smallest absolute Gasteiger partial charge is 0.467 e. The van der Waals surface area contributed by atoms with Crippen molar-refractivity contribution in [3.8, 4) is 0 Å². The normalized spacial score (nSPS) is 14.9. The molecule has 0 aliphatic carbocycles. The third kappa shape index (κ3) is 6.40. The van der Waals surface area contributed by atoms with Gasteiger partial charge in [-0.15, -0.1) is 0 Å². The Morgan fingerprint density at radius 3 is 2.24 bits per heavy atom. The van der Waals surface area contributed by atoms with Crippen molar-refractivity contribution in [2.45, 2.75) is 37.2 Å². The number of nitrogens with one attached hydrogen (secondary N) is 1. The zero-order valence-corrected chi connectivity index (χ0v) is 10.3. The largest absolute Gasteiger partial charge is 0.471 e. The fraction of sp³-hybridized carbons (Fsp3) is 0.778. The van der Waals surface area contributed by atoms with Gasteiger partial charge in [-0.25, -0.2) is 4.79 Å². The molecule has 0 radical (unpaired) electrons. The standard InChI is InChI=1S/C9H14F3NO3S/c1-5(17)3-4-6(7(14)16-2)13-8(15)9(10,11)12/h5-6,17H,3-4H2,1-2H3,(H,13,15)/t5?,6-/m0/s1. The van der Waals surface area contributed by atoms with Crippen LogP contribution in [0.5, 0.6) is 0 Å². The van der Waals surface area contributed by atoms with Crippen LogP contribution in [-0.2, 0) is 14.3 Å². The Labute approximate surface area is 102 Å². The van der Waals surface area contributed by atoms with E-state index in [1.807, 2.05) is 0 Å². The topological polar surface area (TPSA) is 55.4 Å². The lowest BCUT2D eigenvalue weighted by Gasteiger charge is -2.18.